The van der Waals surface area contributed by atoms with Crippen LogP contribution in [0.2, 0.25) is 0 Å². The topological polar surface area (TPSA) is 9.23 Å². The number of hydrogen-bond acceptors (Lipinski definition) is 1. The Morgan fingerprint density at radius 1 is 1.40 bits per heavy atom. The predicted molar refractivity (Wildman–Crippen MR) is 65.7 cm³/mol. The van der Waals surface area contributed by atoms with Crippen molar-refractivity contribution in [3.63, 3.8) is 0 Å². The lowest BCUT2D eigenvalue weighted by Crippen LogP contribution is -2.27. The normalized spacial score (nSPS) is 21.3. The van der Waals surface area contributed by atoms with Gasteiger partial charge in [0.1, 0.15) is 5.60 Å². The molecule has 0 N–H and O–H groups in total. The molecule has 0 amide bonds. The van der Waals surface area contributed by atoms with Crippen molar-refractivity contribution in [3.05, 3.63) is 35.1 Å². The molecule has 0 fully saturated rings. The van der Waals surface area contributed by atoms with Crippen LogP contribution in [0.1, 0.15) is 47.5 Å². The molecule has 1 heterocycles. The Balaban J connectivity index is 2.89. The SMILES string of the molecule is C=C(C)/C(C)=C/C1=C(C)OC(C)(C)CC1. The van der Waals surface area contributed by atoms with E-state index < -0.39 is 0 Å². The Kier molecular flexibility index (Phi) is 3.43. The standard InChI is InChI=1S/C14H22O/c1-10(2)11(3)9-13-7-8-14(5,6)15-12(13)4/h9H,1,7-8H2,2-6H3/b11-9+. The quantitative estimate of drug-likeness (QED) is 0.609. The molecule has 0 saturated carbocycles. The van der Waals surface area contributed by atoms with Gasteiger partial charge in [-0.2, -0.15) is 0 Å². The van der Waals surface area contributed by atoms with E-state index >= 15 is 0 Å². The molecule has 0 aliphatic carbocycles. The van der Waals surface area contributed by atoms with E-state index in [4.69, 9.17) is 4.74 Å². The van der Waals surface area contributed by atoms with Crippen LogP contribution >= 0.6 is 0 Å². The number of ether oxygens (including phenoxy) is 1. The molecule has 0 aromatic rings. The van der Waals surface area contributed by atoms with Crippen LogP contribution in [0.4, 0.5) is 0 Å². The first kappa shape index (κ1) is 12.1. The molecule has 0 unspecified atom stereocenters. The zero-order valence-corrected chi connectivity index (χ0v) is 10.6. The molecule has 84 valence electrons. The van der Waals surface area contributed by atoms with E-state index in [2.05, 4.69) is 40.3 Å². The lowest BCUT2D eigenvalue weighted by atomic mass is 9.93. The summed E-state index contributed by atoms with van der Waals surface area (Å²) < 4.78 is 5.87. The number of allylic oxidation sites excluding steroid dienone is 5. The van der Waals surface area contributed by atoms with Crippen molar-refractivity contribution in [2.75, 3.05) is 0 Å². The van der Waals surface area contributed by atoms with Gasteiger partial charge in [0, 0.05) is 0 Å². The van der Waals surface area contributed by atoms with Gasteiger partial charge in [-0.3, -0.25) is 0 Å². The summed E-state index contributed by atoms with van der Waals surface area (Å²) in [5, 5.41) is 0. The number of rotatable bonds is 2. The van der Waals surface area contributed by atoms with Gasteiger partial charge in [0.2, 0.25) is 0 Å². The fraction of sp³-hybridized carbons (Fsp3) is 0.571. The lowest BCUT2D eigenvalue weighted by Gasteiger charge is -2.32. The zero-order chi connectivity index (χ0) is 11.6. The van der Waals surface area contributed by atoms with Crippen LogP contribution in [0, 0.1) is 0 Å². The van der Waals surface area contributed by atoms with Gasteiger partial charge in [0.25, 0.3) is 0 Å². The smallest absolute Gasteiger partial charge is 0.103 e. The summed E-state index contributed by atoms with van der Waals surface area (Å²) in [4.78, 5) is 0. The third-order valence-corrected chi connectivity index (χ3v) is 2.94. The van der Waals surface area contributed by atoms with E-state index in [1.807, 2.05) is 6.92 Å². The van der Waals surface area contributed by atoms with Gasteiger partial charge in [-0.15, -0.1) is 0 Å². The van der Waals surface area contributed by atoms with Crippen LogP contribution in [0.15, 0.2) is 35.1 Å². The first-order valence-electron chi connectivity index (χ1n) is 5.55. The molecular weight excluding hydrogens is 184 g/mol. The van der Waals surface area contributed by atoms with Crippen LogP contribution in [-0.2, 0) is 4.74 Å². The van der Waals surface area contributed by atoms with Gasteiger partial charge in [-0.05, 0) is 58.6 Å². The van der Waals surface area contributed by atoms with Crippen molar-refractivity contribution in [2.24, 2.45) is 0 Å². The Morgan fingerprint density at radius 2 is 2.00 bits per heavy atom. The van der Waals surface area contributed by atoms with E-state index in [1.165, 1.54) is 11.1 Å². The largest absolute Gasteiger partial charge is 0.492 e. The summed E-state index contributed by atoms with van der Waals surface area (Å²) in [5.74, 6) is 1.06. The van der Waals surface area contributed by atoms with Crippen LogP contribution < -0.4 is 0 Å². The molecule has 0 saturated heterocycles. The highest BCUT2D eigenvalue weighted by molar-refractivity contribution is 5.35. The monoisotopic (exact) mass is 206 g/mol. The Labute approximate surface area is 93.5 Å². The minimum Gasteiger partial charge on any atom is -0.492 e. The molecule has 15 heavy (non-hydrogen) atoms. The van der Waals surface area contributed by atoms with E-state index in [0.29, 0.717) is 0 Å². The molecule has 0 aromatic carbocycles. The second-order valence-corrected chi connectivity index (χ2v) is 5.05. The highest BCUT2D eigenvalue weighted by Crippen LogP contribution is 2.32. The average molecular weight is 206 g/mol. The molecular formula is C14H22O. The zero-order valence-electron chi connectivity index (χ0n) is 10.6. The fourth-order valence-corrected chi connectivity index (χ4v) is 1.70. The molecule has 0 bridgehead atoms. The molecule has 0 aromatic heterocycles. The maximum atomic E-state index is 5.87. The molecule has 1 nitrogen and oxygen atoms in total. The molecule has 0 atom stereocenters. The van der Waals surface area contributed by atoms with E-state index in [-0.39, 0.29) is 5.60 Å². The van der Waals surface area contributed by atoms with Gasteiger partial charge in [0.05, 0.1) is 5.76 Å². The maximum absolute atomic E-state index is 5.87. The van der Waals surface area contributed by atoms with Crippen LogP contribution in [-0.4, -0.2) is 5.60 Å². The second kappa shape index (κ2) is 4.26. The van der Waals surface area contributed by atoms with Gasteiger partial charge in [0.15, 0.2) is 0 Å². The average Bonchev–Trinajstić information content (AvgIpc) is 2.08. The van der Waals surface area contributed by atoms with Gasteiger partial charge in [-0.1, -0.05) is 18.2 Å². The molecule has 1 aliphatic heterocycles. The second-order valence-electron chi connectivity index (χ2n) is 5.05. The van der Waals surface area contributed by atoms with Gasteiger partial charge >= 0.3 is 0 Å². The third-order valence-electron chi connectivity index (χ3n) is 2.94. The minimum absolute atomic E-state index is 0.00144. The van der Waals surface area contributed by atoms with E-state index in [9.17, 15) is 0 Å². The van der Waals surface area contributed by atoms with Gasteiger partial charge < -0.3 is 4.74 Å². The van der Waals surface area contributed by atoms with Crippen molar-refractivity contribution in [2.45, 2.75) is 53.1 Å². The summed E-state index contributed by atoms with van der Waals surface area (Å²) in [6.45, 7) is 14.4. The summed E-state index contributed by atoms with van der Waals surface area (Å²) in [6, 6.07) is 0. The van der Waals surface area contributed by atoms with Crippen molar-refractivity contribution < 1.29 is 4.74 Å². The Hall–Kier alpha value is -0.980. The van der Waals surface area contributed by atoms with Crippen LogP contribution in [0.5, 0.6) is 0 Å². The molecule has 1 heteroatoms. The van der Waals surface area contributed by atoms with E-state index in [0.717, 1.165) is 24.2 Å². The highest BCUT2D eigenvalue weighted by Gasteiger charge is 2.25. The predicted octanol–water partition coefficient (Wildman–Crippen LogP) is 4.37. The summed E-state index contributed by atoms with van der Waals surface area (Å²) in [5.41, 5.74) is 3.68. The summed E-state index contributed by atoms with van der Waals surface area (Å²) in [7, 11) is 0. The Bertz CT molecular complexity index is 329. The third kappa shape index (κ3) is 3.26. The summed E-state index contributed by atoms with van der Waals surface area (Å²) in [6.07, 6.45) is 4.38. The van der Waals surface area contributed by atoms with Crippen LogP contribution in [0.25, 0.3) is 0 Å². The molecule has 1 rings (SSSR count). The van der Waals surface area contributed by atoms with Crippen molar-refractivity contribution >= 4 is 0 Å². The molecule has 0 radical (unpaired) electrons. The van der Waals surface area contributed by atoms with E-state index in [1.54, 1.807) is 0 Å². The number of hydrogen-bond donors (Lipinski definition) is 0. The summed E-state index contributed by atoms with van der Waals surface area (Å²) >= 11 is 0. The van der Waals surface area contributed by atoms with Crippen molar-refractivity contribution in [1.29, 1.82) is 0 Å². The van der Waals surface area contributed by atoms with Gasteiger partial charge in [-0.25, -0.2) is 0 Å². The minimum atomic E-state index is -0.00144. The first-order chi connectivity index (χ1) is 6.82. The fourth-order valence-electron chi connectivity index (χ4n) is 1.70. The van der Waals surface area contributed by atoms with Crippen LogP contribution in [0.3, 0.4) is 0 Å². The van der Waals surface area contributed by atoms with Crippen molar-refractivity contribution in [1.82, 2.24) is 0 Å². The lowest BCUT2D eigenvalue weighted by molar-refractivity contribution is 0.0149. The highest BCUT2D eigenvalue weighted by atomic mass is 16.5. The molecule has 0 spiro atoms. The Morgan fingerprint density at radius 3 is 2.47 bits per heavy atom. The van der Waals surface area contributed by atoms with Crippen molar-refractivity contribution in [3.8, 4) is 0 Å². The first-order valence-corrected chi connectivity index (χ1v) is 5.55. The molecule has 1 aliphatic rings. The maximum Gasteiger partial charge on any atom is 0.103 e.